The molecule has 0 aliphatic carbocycles. The number of benzene rings is 2. The molecule has 0 radical (unpaired) electrons. The molecule has 9 heteroatoms. The first kappa shape index (κ1) is 21.1. The highest BCUT2D eigenvalue weighted by Gasteiger charge is 2.21. The number of morpholine rings is 1. The molecule has 0 amide bonds. The lowest BCUT2D eigenvalue weighted by atomic mass is 10.2. The van der Waals surface area contributed by atoms with Crippen molar-refractivity contribution in [2.75, 3.05) is 45.8 Å². The minimum absolute atomic E-state index is 0.195. The molecular formula is C21H22BrClN4O3. The van der Waals surface area contributed by atoms with Gasteiger partial charge in [-0.1, -0.05) is 17.7 Å². The Bertz CT molecular complexity index is 1050. The minimum Gasteiger partial charge on any atom is -0.493 e. The van der Waals surface area contributed by atoms with E-state index in [-0.39, 0.29) is 6.04 Å². The van der Waals surface area contributed by atoms with Gasteiger partial charge in [-0.05, 0) is 41.2 Å². The molecule has 1 atom stereocenters. The zero-order valence-electron chi connectivity index (χ0n) is 16.7. The third kappa shape index (κ3) is 4.46. The maximum absolute atomic E-state index is 6.39. The van der Waals surface area contributed by atoms with E-state index in [4.69, 9.17) is 25.8 Å². The Morgan fingerprint density at radius 1 is 1.30 bits per heavy atom. The van der Waals surface area contributed by atoms with Crippen molar-refractivity contribution in [1.29, 1.82) is 0 Å². The molecule has 1 saturated heterocycles. The molecule has 1 aliphatic heterocycles. The number of aromatic nitrogens is 2. The third-order valence-electron chi connectivity index (χ3n) is 5.08. The maximum atomic E-state index is 6.39. The Hall–Kier alpha value is -2.13. The van der Waals surface area contributed by atoms with Crippen molar-refractivity contribution in [3.63, 3.8) is 0 Å². The Morgan fingerprint density at radius 2 is 2.17 bits per heavy atom. The van der Waals surface area contributed by atoms with Gasteiger partial charge in [0.2, 0.25) is 0 Å². The Morgan fingerprint density at radius 3 is 2.97 bits per heavy atom. The third-order valence-corrected chi connectivity index (χ3v) is 6.37. The smallest absolute Gasteiger partial charge is 0.163 e. The van der Waals surface area contributed by atoms with Crippen LogP contribution in [0.1, 0.15) is 0 Å². The number of methoxy groups -OCH3 is 1. The highest BCUT2D eigenvalue weighted by atomic mass is 79.9. The van der Waals surface area contributed by atoms with Crippen molar-refractivity contribution >= 4 is 49.9 Å². The molecule has 1 aliphatic rings. The van der Waals surface area contributed by atoms with E-state index in [9.17, 15) is 0 Å². The highest BCUT2D eigenvalue weighted by Crippen LogP contribution is 2.37. The Balaban J connectivity index is 1.62. The van der Waals surface area contributed by atoms with E-state index in [0.29, 0.717) is 35.6 Å². The summed E-state index contributed by atoms with van der Waals surface area (Å²) in [4.78, 5) is 11.0. The van der Waals surface area contributed by atoms with Crippen molar-refractivity contribution in [3.8, 4) is 11.5 Å². The van der Waals surface area contributed by atoms with Gasteiger partial charge >= 0.3 is 0 Å². The fourth-order valence-corrected chi connectivity index (χ4v) is 3.80. The first-order valence-corrected chi connectivity index (χ1v) is 10.7. The second-order valence-electron chi connectivity index (χ2n) is 6.99. The van der Waals surface area contributed by atoms with Crippen LogP contribution in [0, 0.1) is 0 Å². The number of hydrogen-bond donors (Lipinski definition) is 1. The number of likely N-dealkylation sites (N-methyl/N-ethyl adjacent to an activating group) is 1. The fourth-order valence-electron chi connectivity index (χ4n) is 3.26. The van der Waals surface area contributed by atoms with Gasteiger partial charge in [-0.2, -0.15) is 0 Å². The lowest BCUT2D eigenvalue weighted by Gasteiger charge is -2.32. The summed E-state index contributed by atoms with van der Waals surface area (Å²) in [5, 5.41) is 4.66. The van der Waals surface area contributed by atoms with E-state index in [1.54, 1.807) is 7.11 Å². The zero-order chi connectivity index (χ0) is 21.1. The Kier molecular flexibility index (Phi) is 6.58. The molecule has 0 spiro atoms. The van der Waals surface area contributed by atoms with Crippen LogP contribution in [0.5, 0.6) is 11.5 Å². The summed E-state index contributed by atoms with van der Waals surface area (Å²) in [6, 6.07) is 9.61. The van der Waals surface area contributed by atoms with Crippen molar-refractivity contribution in [2.24, 2.45) is 0 Å². The average Bonchev–Trinajstić information content (AvgIpc) is 2.76. The number of hydrogen-bond acceptors (Lipinski definition) is 7. The van der Waals surface area contributed by atoms with Gasteiger partial charge in [0.15, 0.2) is 11.5 Å². The van der Waals surface area contributed by atoms with E-state index in [2.05, 4.69) is 43.2 Å². The van der Waals surface area contributed by atoms with Crippen molar-refractivity contribution < 1.29 is 14.2 Å². The molecule has 3 aromatic rings. The lowest BCUT2D eigenvalue weighted by Crippen LogP contribution is -2.46. The molecule has 0 bridgehead atoms. The minimum atomic E-state index is 0.195. The van der Waals surface area contributed by atoms with E-state index in [0.717, 1.165) is 34.2 Å². The molecule has 158 valence electrons. The summed E-state index contributed by atoms with van der Waals surface area (Å²) in [5.74, 6) is 1.87. The zero-order valence-corrected chi connectivity index (χ0v) is 19.0. The Labute approximate surface area is 188 Å². The van der Waals surface area contributed by atoms with Gasteiger partial charge in [0, 0.05) is 22.5 Å². The molecular weight excluding hydrogens is 472 g/mol. The van der Waals surface area contributed by atoms with Crippen LogP contribution >= 0.6 is 27.5 Å². The first-order chi connectivity index (χ1) is 14.6. The summed E-state index contributed by atoms with van der Waals surface area (Å²) in [5.41, 5.74) is 1.48. The van der Waals surface area contributed by atoms with Gasteiger partial charge in [-0.25, -0.2) is 9.97 Å². The van der Waals surface area contributed by atoms with Crippen LogP contribution in [0.3, 0.4) is 0 Å². The first-order valence-electron chi connectivity index (χ1n) is 9.51. The van der Waals surface area contributed by atoms with Gasteiger partial charge in [0.25, 0.3) is 0 Å². The van der Waals surface area contributed by atoms with Gasteiger partial charge in [-0.3, -0.25) is 4.90 Å². The van der Waals surface area contributed by atoms with E-state index in [1.807, 2.05) is 30.3 Å². The lowest BCUT2D eigenvalue weighted by molar-refractivity contribution is -0.0110. The van der Waals surface area contributed by atoms with E-state index >= 15 is 0 Å². The maximum Gasteiger partial charge on any atom is 0.163 e. The summed E-state index contributed by atoms with van der Waals surface area (Å²) in [7, 11) is 3.69. The number of nitrogens with zero attached hydrogens (tertiary/aromatic N) is 3. The molecule has 4 rings (SSSR count). The molecule has 30 heavy (non-hydrogen) atoms. The monoisotopic (exact) mass is 492 g/mol. The molecule has 1 fully saturated rings. The van der Waals surface area contributed by atoms with Crippen LogP contribution in [-0.2, 0) is 4.74 Å². The average molecular weight is 494 g/mol. The van der Waals surface area contributed by atoms with Crippen LogP contribution in [0.4, 0.5) is 11.5 Å². The number of anilines is 2. The van der Waals surface area contributed by atoms with Crippen molar-refractivity contribution in [1.82, 2.24) is 14.9 Å². The largest absolute Gasteiger partial charge is 0.493 e. The van der Waals surface area contributed by atoms with Crippen molar-refractivity contribution in [3.05, 3.63) is 46.2 Å². The second kappa shape index (κ2) is 9.34. The van der Waals surface area contributed by atoms with Crippen LogP contribution in [0.2, 0.25) is 5.02 Å². The molecule has 2 heterocycles. The van der Waals surface area contributed by atoms with E-state index in [1.165, 1.54) is 6.33 Å². The second-order valence-corrected chi connectivity index (χ2v) is 8.22. The number of fused-ring (bicyclic) bond motifs is 1. The highest BCUT2D eigenvalue weighted by molar-refractivity contribution is 9.10. The van der Waals surface area contributed by atoms with Crippen LogP contribution in [-0.4, -0.2) is 61.4 Å². The SMILES string of the molecule is COc1cc2c(Nc3cccc(Br)c3Cl)ncnc2cc1OCC1COCCN1C. The molecule has 1 aromatic heterocycles. The van der Waals surface area contributed by atoms with Gasteiger partial charge in [0.1, 0.15) is 18.8 Å². The predicted molar refractivity (Wildman–Crippen MR) is 121 cm³/mol. The standard InChI is InChI=1S/C21H22BrClN4O3/c1-27-6-7-29-10-13(27)11-30-19-9-17-14(8-18(19)28-2)21(25-12-24-17)26-16-5-3-4-15(22)20(16)23/h3-5,8-9,12-13H,6-7,10-11H2,1-2H3,(H,24,25,26). The van der Waals surface area contributed by atoms with Gasteiger partial charge < -0.3 is 19.5 Å². The summed E-state index contributed by atoms with van der Waals surface area (Å²) in [6.45, 7) is 2.79. The van der Waals surface area contributed by atoms with Crippen LogP contribution < -0.4 is 14.8 Å². The quantitative estimate of drug-likeness (QED) is 0.542. The fraction of sp³-hybridized carbons (Fsp3) is 0.333. The van der Waals surface area contributed by atoms with E-state index < -0.39 is 0 Å². The normalized spacial score (nSPS) is 17.1. The van der Waals surface area contributed by atoms with Gasteiger partial charge in [0.05, 0.1) is 42.6 Å². The number of rotatable bonds is 6. The summed E-state index contributed by atoms with van der Waals surface area (Å²) < 4.78 is 18.0. The predicted octanol–water partition coefficient (Wildman–Crippen LogP) is 4.51. The topological polar surface area (TPSA) is 68.7 Å². The molecule has 2 aromatic carbocycles. The molecule has 1 N–H and O–H groups in total. The van der Waals surface area contributed by atoms with Crippen LogP contribution in [0.15, 0.2) is 41.1 Å². The number of nitrogens with one attached hydrogen (secondary N) is 1. The molecule has 7 nitrogen and oxygen atoms in total. The molecule has 0 saturated carbocycles. The van der Waals surface area contributed by atoms with Gasteiger partial charge in [-0.15, -0.1) is 0 Å². The number of halogens is 2. The molecule has 1 unspecified atom stereocenters. The number of ether oxygens (including phenoxy) is 3. The summed E-state index contributed by atoms with van der Waals surface area (Å²) >= 11 is 9.84. The van der Waals surface area contributed by atoms with Crippen LogP contribution in [0.25, 0.3) is 10.9 Å². The van der Waals surface area contributed by atoms with Crippen molar-refractivity contribution in [2.45, 2.75) is 6.04 Å². The summed E-state index contributed by atoms with van der Waals surface area (Å²) in [6.07, 6.45) is 1.51.